The third-order valence-corrected chi connectivity index (χ3v) is 2.98. The first-order valence-electron chi connectivity index (χ1n) is 5.66. The number of ether oxygens (including phenoxy) is 1. The van der Waals surface area contributed by atoms with Gasteiger partial charge >= 0.3 is 5.97 Å². The topological polar surface area (TPSA) is 69.4 Å². The highest BCUT2D eigenvalue weighted by atomic mass is 35.5. The molecule has 0 aliphatic rings. The Balaban J connectivity index is 2.39. The highest BCUT2D eigenvalue weighted by Gasteiger charge is 2.17. The van der Waals surface area contributed by atoms with E-state index in [-0.39, 0.29) is 0 Å². The van der Waals surface area contributed by atoms with Gasteiger partial charge in [0.15, 0.2) is 10.8 Å². The van der Waals surface area contributed by atoms with Crippen LogP contribution < -0.4 is 0 Å². The molecule has 0 amide bonds. The summed E-state index contributed by atoms with van der Waals surface area (Å²) < 4.78 is 6.51. The highest BCUT2D eigenvalue weighted by molar-refractivity contribution is 6.34. The van der Waals surface area contributed by atoms with E-state index in [9.17, 15) is 4.79 Å². The number of esters is 1. The minimum absolute atomic E-state index is 0.300. The Morgan fingerprint density at radius 3 is 3.11 bits per heavy atom. The standard InChI is InChI=1S/C12H9ClN4O2/c1-2-19-12(18)8-5-7-3-4-14-10(13)9(7)17-11(8)15-6-16-17/h3-6H,2H2,1H3. The Bertz CT molecular complexity index is 784. The number of nitrogens with zero attached hydrogens (tertiary/aromatic N) is 4. The van der Waals surface area contributed by atoms with Crippen LogP contribution in [0.3, 0.4) is 0 Å². The van der Waals surface area contributed by atoms with Crippen molar-refractivity contribution >= 4 is 34.1 Å². The molecule has 0 radical (unpaired) electrons. The molecule has 0 N–H and O–H groups in total. The monoisotopic (exact) mass is 276 g/mol. The van der Waals surface area contributed by atoms with E-state index in [2.05, 4.69) is 15.1 Å². The van der Waals surface area contributed by atoms with Gasteiger partial charge in [0.1, 0.15) is 17.4 Å². The fourth-order valence-electron chi connectivity index (χ4n) is 1.94. The van der Waals surface area contributed by atoms with Crippen molar-refractivity contribution in [2.45, 2.75) is 6.92 Å². The van der Waals surface area contributed by atoms with E-state index in [0.717, 1.165) is 5.39 Å². The van der Waals surface area contributed by atoms with Gasteiger partial charge in [0.25, 0.3) is 0 Å². The molecule has 0 aromatic carbocycles. The van der Waals surface area contributed by atoms with Crippen molar-refractivity contribution in [3.63, 3.8) is 0 Å². The van der Waals surface area contributed by atoms with Crippen LogP contribution in [0.4, 0.5) is 0 Å². The highest BCUT2D eigenvalue weighted by Crippen LogP contribution is 2.24. The Morgan fingerprint density at radius 2 is 2.32 bits per heavy atom. The van der Waals surface area contributed by atoms with Gasteiger partial charge in [0, 0.05) is 11.6 Å². The molecule has 0 aliphatic heterocycles. The first-order chi connectivity index (χ1) is 9.22. The third kappa shape index (κ3) is 1.80. The maximum absolute atomic E-state index is 11.9. The molecule has 3 aromatic rings. The first-order valence-corrected chi connectivity index (χ1v) is 6.04. The molecular weight excluding hydrogens is 268 g/mol. The predicted octanol–water partition coefficient (Wildman–Crippen LogP) is 2.11. The first kappa shape index (κ1) is 11.9. The summed E-state index contributed by atoms with van der Waals surface area (Å²) in [5.74, 6) is -0.435. The average Bonchev–Trinajstić information content (AvgIpc) is 2.87. The lowest BCUT2D eigenvalue weighted by molar-refractivity contribution is 0.0528. The molecule has 0 unspecified atom stereocenters. The number of halogens is 1. The maximum atomic E-state index is 11.9. The lowest BCUT2D eigenvalue weighted by Gasteiger charge is -2.07. The van der Waals surface area contributed by atoms with E-state index in [1.165, 1.54) is 10.8 Å². The van der Waals surface area contributed by atoms with E-state index >= 15 is 0 Å². The van der Waals surface area contributed by atoms with Crippen LogP contribution in [0.25, 0.3) is 16.6 Å². The van der Waals surface area contributed by atoms with Crippen LogP contribution in [0.15, 0.2) is 24.7 Å². The zero-order valence-electron chi connectivity index (χ0n) is 10.00. The fourth-order valence-corrected chi connectivity index (χ4v) is 2.18. The second-order valence-electron chi connectivity index (χ2n) is 3.81. The van der Waals surface area contributed by atoms with Crippen LogP contribution in [-0.2, 0) is 4.74 Å². The molecule has 0 saturated carbocycles. The number of hydrogen-bond donors (Lipinski definition) is 0. The summed E-state index contributed by atoms with van der Waals surface area (Å²) >= 11 is 6.07. The van der Waals surface area contributed by atoms with Gasteiger partial charge in [-0.2, -0.15) is 5.10 Å². The minimum atomic E-state index is -0.435. The van der Waals surface area contributed by atoms with Crippen molar-refractivity contribution < 1.29 is 9.53 Å². The summed E-state index contributed by atoms with van der Waals surface area (Å²) in [4.78, 5) is 20.0. The summed E-state index contributed by atoms with van der Waals surface area (Å²) in [5, 5.41) is 5.14. The average molecular weight is 277 g/mol. The largest absolute Gasteiger partial charge is 0.462 e. The van der Waals surface area contributed by atoms with Gasteiger partial charge in [-0.3, -0.25) is 0 Å². The number of pyridine rings is 2. The molecule has 7 heteroatoms. The molecule has 0 saturated heterocycles. The quantitative estimate of drug-likeness (QED) is 0.530. The molecule has 0 bridgehead atoms. The molecule has 0 aliphatic carbocycles. The van der Waals surface area contributed by atoms with Crippen LogP contribution in [0.2, 0.25) is 5.15 Å². The Hall–Kier alpha value is -2.21. The minimum Gasteiger partial charge on any atom is -0.462 e. The number of rotatable bonds is 2. The lowest BCUT2D eigenvalue weighted by atomic mass is 10.2. The zero-order chi connectivity index (χ0) is 13.4. The van der Waals surface area contributed by atoms with Crippen LogP contribution >= 0.6 is 11.6 Å². The molecule has 3 rings (SSSR count). The summed E-state index contributed by atoms with van der Waals surface area (Å²) in [5.41, 5.74) is 1.37. The second-order valence-corrected chi connectivity index (χ2v) is 4.17. The Morgan fingerprint density at radius 1 is 1.47 bits per heavy atom. The van der Waals surface area contributed by atoms with Crippen molar-refractivity contribution in [2.75, 3.05) is 6.61 Å². The molecule has 19 heavy (non-hydrogen) atoms. The molecule has 0 spiro atoms. The summed E-state index contributed by atoms with van der Waals surface area (Å²) in [6, 6.07) is 3.44. The van der Waals surface area contributed by atoms with Crippen LogP contribution in [0.5, 0.6) is 0 Å². The van der Waals surface area contributed by atoms with Gasteiger partial charge in [-0.05, 0) is 19.1 Å². The lowest BCUT2D eigenvalue weighted by Crippen LogP contribution is -2.08. The van der Waals surface area contributed by atoms with E-state index in [1.807, 2.05) is 0 Å². The molecule has 0 fully saturated rings. The predicted molar refractivity (Wildman–Crippen MR) is 69.3 cm³/mol. The van der Waals surface area contributed by atoms with Crippen LogP contribution in [0, 0.1) is 0 Å². The normalized spacial score (nSPS) is 11.1. The summed E-state index contributed by atoms with van der Waals surface area (Å²) in [7, 11) is 0. The Kier molecular flexibility index (Phi) is 2.79. The number of fused-ring (bicyclic) bond motifs is 3. The number of carbonyl (C=O) groups excluding carboxylic acids is 1. The van der Waals surface area contributed by atoms with Gasteiger partial charge < -0.3 is 4.74 Å². The molecule has 96 valence electrons. The molecule has 6 nitrogen and oxygen atoms in total. The van der Waals surface area contributed by atoms with Crippen molar-refractivity contribution in [2.24, 2.45) is 0 Å². The van der Waals surface area contributed by atoms with Crippen molar-refractivity contribution in [3.8, 4) is 0 Å². The number of carbonyl (C=O) groups is 1. The van der Waals surface area contributed by atoms with Crippen molar-refractivity contribution in [1.82, 2.24) is 19.6 Å². The SMILES string of the molecule is CCOC(=O)c1cc2ccnc(Cl)c2n2ncnc12. The molecule has 3 heterocycles. The van der Waals surface area contributed by atoms with Crippen LogP contribution in [0.1, 0.15) is 17.3 Å². The van der Waals surface area contributed by atoms with Gasteiger partial charge in [-0.1, -0.05) is 11.6 Å². The van der Waals surface area contributed by atoms with Gasteiger partial charge in [0.05, 0.1) is 6.61 Å². The maximum Gasteiger partial charge on any atom is 0.342 e. The Labute approximate surface area is 113 Å². The van der Waals surface area contributed by atoms with E-state index in [1.54, 1.807) is 25.3 Å². The summed E-state index contributed by atoms with van der Waals surface area (Å²) in [6.45, 7) is 2.05. The molecule has 3 aromatic heterocycles. The molecular formula is C12H9ClN4O2. The van der Waals surface area contributed by atoms with E-state index < -0.39 is 5.97 Å². The second kappa shape index (κ2) is 4.47. The third-order valence-electron chi connectivity index (χ3n) is 2.71. The van der Waals surface area contributed by atoms with Crippen LogP contribution in [-0.4, -0.2) is 32.2 Å². The smallest absolute Gasteiger partial charge is 0.342 e. The van der Waals surface area contributed by atoms with E-state index in [4.69, 9.17) is 16.3 Å². The number of hydrogen-bond acceptors (Lipinski definition) is 5. The van der Waals surface area contributed by atoms with E-state index in [0.29, 0.717) is 28.5 Å². The van der Waals surface area contributed by atoms with Crippen molar-refractivity contribution in [1.29, 1.82) is 0 Å². The van der Waals surface area contributed by atoms with Crippen molar-refractivity contribution in [3.05, 3.63) is 35.4 Å². The number of aromatic nitrogens is 4. The fraction of sp³-hybridized carbons (Fsp3) is 0.167. The summed E-state index contributed by atoms with van der Waals surface area (Å²) in [6.07, 6.45) is 2.93. The van der Waals surface area contributed by atoms with Gasteiger partial charge in [0.2, 0.25) is 0 Å². The van der Waals surface area contributed by atoms with Gasteiger partial charge in [-0.25, -0.2) is 19.3 Å². The zero-order valence-corrected chi connectivity index (χ0v) is 10.8. The molecule has 0 atom stereocenters. The van der Waals surface area contributed by atoms with Gasteiger partial charge in [-0.15, -0.1) is 0 Å².